The summed E-state index contributed by atoms with van der Waals surface area (Å²) in [6, 6.07) is 5.94. The summed E-state index contributed by atoms with van der Waals surface area (Å²) in [6.07, 6.45) is 2.88. The van der Waals surface area contributed by atoms with E-state index in [0.717, 1.165) is 25.0 Å². The van der Waals surface area contributed by atoms with Crippen molar-refractivity contribution in [3.05, 3.63) is 40.3 Å². The van der Waals surface area contributed by atoms with Gasteiger partial charge in [0.25, 0.3) is 0 Å². The fourth-order valence-electron chi connectivity index (χ4n) is 3.81. The van der Waals surface area contributed by atoms with Crippen molar-refractivity contribution in [2.75, 3.05) is 38.7 Å². The lowest BCUT2D eigenvalue weighted by atomic mass is 10.0. The average Bonchev–Trinajstić information content (AvgIpc) is 3.43. The van der Waals surface area contributed by atoms with Gasteiger partial charge in [0, 0.05) is 40.1 Å². The van der Waals surface area contributed by atoms with Crippen molar-refractivity contribution in [3.8, 4) is 0 Å². The smallest absolute Gasteiger partial charge is 0.315 e. The zero-order chi connectivity index (χ0) is 27.0. The Morgan fingerprint density at radius 2 is 1.92 bits per heavy atom. The second kappa shape index (κ2) is 16.8. The molecule has 2 aliphatic heterocycles. The molecule has 0 aliphatic carbocycles. The number of nitrogens with zero attached hydrogens (tertiary/aromatic N) is 3. The number of hydrogen-bond donors (Lipinski definition) is 5. The van der Waals surface area contributed by atoms with Gasteiger partial charge < -0.3 is 36.7 Å². The SMILES string of the molecule is O=C(O)CCCC[C@@H]1SC[C@@H]2NC(=O)N[C@@H]21.[N-]=[N+]=Nc1ccc(C(=O)C(N)COCCOCCN)cc1. The number of hydrogen-bond acceptors (Lipinski definition) is 9. The highest BCUT2D eigenvalue weighted by Crippen LogP contribution is 2.33. The Balaban J connectivity index is 0.000000269. The van der Waals surface area contributed by atoms with Gasteiger partial charge in [0.1, 0.15) is 0 Å². The van der Waals surface area contributed by atoms with Crippen LogP contribution in [0.5, 0.6) is 0 Å². The maximum Gasteiger partial charge on any atom is 0.315 e. The lowest BCUT2D eigenvalue weighted by molar-refractivity contribution is -0.137. The molecule has 14 heteroatoms. The third-order valence-electron chi connectivity index (χ3n) is 5.65. The summed E-state index contributed by atoms with van der Waals surface area (Å²) in [4.78, 5) is 36.1. The summed E-state index contributed by atoms with van der Waals surface area (Å²) >= 11 is 1.87. The van der Waals surface area contributed by atoms with Crippen molar-refractivity contribution < 1.29 is 29.0 Å². The molecule has 0 radical (unpaired) electrons. The van der Waals surface area contributed by atoms with Gasteiger partial charge in [-0.25, -0.2) is 4.79 Å². The van der Waals surface area contributed by atoms with E-state index < -0.39 is 12.0 Å². The summed E-state index contributed by atoms with van der Waals surface area (Å²) in [5.41, 5.74) is 20.2. The summed E-state index contributed by atoms with van der Waals surface area (Å²) in [5.74, 6) is 0.00524. The number of benzene rings is 1. The van der Waals surface area contributed by atoms with Crippen molar-refractivity contribution in [3.63, 3.8) is 0 Å². The molecule has 2 saturated heterocycles. The fourth-order valence-corrected chi connectivity index (χ4v) is 5.36. The van der Waals surface area contributed by atoms with Crippen molar-refractivity contribution in [2.45, 2.75) is 49.1 Å². The highest BCUT2D eigenvalue weighted by Gasteiger charge is 2.42. The topological polar surface area (TPSA) is 215 Å². The predicted octanol–water partition coefficient (Wildman–Crippen LogP) is 1.93. The molecule has 0 bridgehead atoms. The van der Waals surface area contributed by atoms with Gasteiger partial charge in [-0.2, -0.15) is 11.8 Å². The molecule has 13 nitrogen and oxygen atoms in total. The Hall–Kier alpha value is -2.87. The van der Waals surface area contributed by atoms with E-state index in [0.29, 0.717) is 42.9 Å². The normalized spacial score (nSPS) is 20.5. The monoisotopic (exact) mass is 537 g/mol. The summed E-state index contributed by atoms with van der Waals surface area (Å²) < 4.78 is 10.4. The van der Waals surface area contributed by atoms with Gasteiger partial charge in [0.05, 0.1) is 44.6 Å². The second-order valence-corrected chi connectivity index (χ2v) is 9.72. The summed E-state index contributed by atoms with van der Waals surface area (Å²) in [5, 5.41) is 18.2. The minimum atomic E-state index is -0.746. The third kappa shape index (κ3) is 11.0. The molecule has 37 heavy (non-hydrogen) atoms. The molecule has 2 amide bonds. The highest BCUT2D eigenvalue weighted by atomic mass is 32.2. The predicted molar refractivity (Wildman–Crippen MR) is 140 cm³/mol. The van der Waals surface area contributed by atoms with Crippen LogP contribution in [0.4, 0.5) is 10.5 Å². The maximum atomic E-state index is 12.0. The number of azide groups is 1. The zero-order valence-electron chi connectivity index (χ0n) is 20.6. The first-order valence-electron chi connectivity index (χ1n) is 12.1. The second-order valence-electron chi connectivity index (χ2n) is 8.44. The Morgan fingerprint density at radius 3 is 2.59 bits per heavy atom. The van der Waals surface area contributed by atoms with Gasteiger partial charge in [-0.3, -0.25) is 9.59 Å². The van der Waals surface area contributed by atoms with Gasteiger partial charge in [0.15, 0.2) is 5.78 Å². The Bertz CT molecular complexity index is 929. The molecule has 1 aromatic rings. The molecule has 7 N–H and O–H groups in total. The van der Waals surface area contributed by atoms with Crippen LogP contribution in [0.15, 0.2) is 29.4 Å². The average molecular weight is 538 g/mol. The Morgan fingerprint density at radius 1 is 1.19 bits per heavy atom. The number of thioether (sulfide) groups is 1. The number of nitrogens with two attached hydrogens (primary N) is 2. The number of Topliss-reactive ketones (excluding diaryl/α,β-unsaturated/α-hetero) is 1. The standard InChI is InChI=1S/C13H19N5O3.C10H16N2O3S/c14-5-6-20-7-8-21-9-12(15)13(19)10-1-3-11(4-2-10)17-18-16;13-8(14)4-2-1-3-7-9-6(5-16-7)11-10(15)12-9/h1-4,12H,5-9,14-15H2;6-7,9H,1-5H2,(H,13,14)(H2,11,12,15)/t;6-,7-,9-/m.0/s1. The molecule has 1 unspecified atom stereocenters. The Labute approximate surface area is 219 Å². The van der Waals surface area contributed by atoms with Crippen molar-refractivity contribution >= 4 is 35.2 Å². The third-order valence-corrected chi connectivity index (χ3v) is 7.16. The molecule has 0 saturated carbocycles. The number of nitrogens with one attached hydrogen (secondary N) is 2. The quantitative estimate of drug-likeness (QED) is 0.0551. The largest absolute Gasteiger partial charge is 0.481 e. The number of fused-ring (bicyclic) bond motifs is 1. The van der Waals surface area contributed by atoms with Crippen LogP contribution in [-0.2, 0) is 14.3 Å². The molecular formula is C23H35N7O6S. The number of aliphatic carboxylic acids is 1. The molecule has 204 valence electrons. The van der Waals surface area contributed by atoms with Crippen LogP contribution >= 0.6 is 11.8 Å². The first kappa shape index (κ1) is 30.4. The summed E-state index contributed by atoms with van der Waals surface area (Å²) in [6.45, 7) is 1.83. The minimum Gasteiger partial charge on any atom is -0.481 e. The van der Waals surface area contributed by atoms with Crippen LogP contribution in [0.3, 0.4) is 0 Å². The molecule has 2 aliphatic rings. The van der Waals surface area contributed by atoms with Crippen LogP contribution < -0.4 is 22.1 Å². The molecule has 3 rings (SSSR count). The number of rotatable bonds is 15. The number of carboxylic acids is 1. The molecule has 1 aromatic carbocycles. The van der Waals surface area contributed by atoms with Gasteiger partial charge in [0.2, 0.25) is 0 Å². The van der Waals surface area contributed by atoms with E-state index in [2.05, 4.69) is 20.7 Å². The number of amides is 2. The van der Waals surface area contributed by atoms with Crippen LogP contribution in [-0.4, -0.2) is 85.0 Å². The van der Waals surface area contributed by atoms with Crippen molar-refractivity contribution in [1.82, 2.24) is 10.6 Å². The molecule has 0 aromatic heterocycles. The summed E-state index contributed by atoms with van der Waals surface area (Å²) in [7, 11) is 0. The molecule has 2 fully saturated rings. The first-order valence-corrected chi connectivity index (χ1v) is 13.1. The van der Waals surface area contributed by atoms with Gasteiger partial charge in [-0.15, -0.1) is 0 Å². The Kier molecular flexibility index (Phi) is 13.8. The van der Waals surface area contributed by atoms with Gasteiger partial charge >= 0.3 is 12.0 Å². The van der Waals surface area contributed by atoms with Crippen LogP contribution in [0.2, 0.25) is 0 Å². The lowest BCUT2D eigenvalue weighted by Gasteiger charge is -2.16. The highest BCUT2D eigenvalue weighted by molar-refractivity contribution is 8.00. The molecular weight excluding hydrogens is 502 g/mol. The number of ketones is 1. The van der Waals surface area contributed by atoms with E-state index >= 15 is 0 Å². The number of ether oxygens (including phenoxy) is 2. The number of unbranched alkanes of at least 4 members (excludes halogenated alkanes) is 1. The van der Waals surface area contributed by atoms with E-state index in [9.17, 15) is 14.4 Å². The van der Waals surface area contributed by atoms with E-state index in [1.165, 1.54) is 0 Å². The van der Waals surface area contributed by atoms with Crippen molar-refractivity contribution in [2.24, 2.45) is 16.6 Å². The van der Waals surface area contributed by atoms with Gasteiger partial charge in [-0.05, 0) is 18.4 Å². The minimum absolute atomic E-state index is 0.0640. The van der Waals surface area contributed by atoms with E-state index in [4.69, 9.17) is 31.6 Å². The van der Waals surface area contributed by atoms with Crippen LogP contribution in [0, 0.1) is 0 Å². The first-order chi connectivity index (χ1) is 17.8. The molecule has 4 atom stereocenters. The number of carbonyl (C=O) groups is 3. The zero-order valence-corrected chi connectivity index (χ0v) is 21.4. The van der Waals surface area contributed by atoms with Crippen LogP contribution in [0.25, 0.3) is 10.4 Å². The molecule has 2 heterocycles. The molecule has 0 spiro atoms. The van der Waals surface area contributed by atoms with Crippen molar-refractivity contribution in [1.29, 1.82) is 0 Å². The van der Waals surface area contributed by atoms with Crippen LogP contribution in [0.1, 0.15) is 36.0 Å². The fraction of sp³-hybridized carbons (Fsp3) is 0.609. The lowest BCUT2D eigenvalue weighted by Crippen LogP contribution is -2.36. The van der Waals surface area contributed by atoms with E-state index in [-0.39, 0.29) is 36.9 Å². The van der Waals surface area contributed by atoms with Gasteiger partial charge in [-0.1, -0.05) is 35.8 Å². The van der Waals surface area contributed by atoms with E-state index in [1.54, 1.807) is 24.3 Å². The number of carboxylic acid groups (broad SMARTS) is 1. The number of carbonyl (C=O) groups excluding carboxylic acids is 2. The van der Waals surface area contributed by atoms with E-state index in [1.807, 2.05) is 11.8 Å². The maximum absolute atomic E-state index is 12.0. The number of urea groups is 1.